The highest BCUT2D eigenvalue weighted by atomic mass is 32.1. The number of ether oxygens (including phenoxy) is 1. The summed E-state index contributed by atoms with van der Waals surface area (Å²) in [6, 6.07) is 3.19. The van der Waals surface area contributed by atoms with Gasteiger partial charge in [0.25, 0.3) is 5.91 Å². The normalized spacial score (nSPS) is 14.4. The van der Waals surface area contributed by atoms with Crippen molar-refractivity contribution in [2.45, 2.75) is 38.7 Å². The fourth-order valence-electron chi connectivity index (χ4n) is 2.87. The molecule has 1 aromatic carbocycles. The Morgan fingerprint density at radius 3 is 2.85 bits per heavy atom. The molecule has 1 heterocycles. The van der Waals surface area contributed by atoms with Gasteiger partial charge in [-0.05, 0) is 44.7 Å². The van der Waals surface area contributed by atoms with Gasteiger partial charge in [0.1, 0.15) is 5.75 Å². The van der Waals surface area contributed by atoms with Crippen molar-refractivity contribution in [3.8, 4) is 5.75 Å². The molecule has 7 heteroatoms. The number of benzene rings is 1. The molecule has 26 heavy (non-hydrogen) atoms. The summed E-state index contributed by atoms with van der Waals surface area (Å²) in [4.78, 5) is 20.2. The zero-order valence-electron chi connectivity index (χ0n) is 14.5. The molecule has 0 radical (unpaired) electrons. The van der Waals surface area contributed by atoms with Crippen molar-refractivity contribution in [3.05, 3.63) is 53.1 Å². The van der Waals surface area contributed by atoms with Gasteiger partial charge in [-0.1, -0.05) is 6.08 Å². The number of carbonyl (C=O) groups excluding carboxylic acids is 1. The van der Waals surface area contributed by atoms with Crippen molar-refractivity contribution in [1.82, 2.24) is 4.98 Å². The Balaban J connectivity index is 1.78. The van der Waals surface area contributed by atoms with Crippen LogP contribution in [-0.2, 0) is 17.6 Å². The number of hydrogen-bond acceptors (Lipinski definition) is 4. The van der Waals surface area contributed by atoms with Gasteiger partial charge in [0.2, 0.25) is 0 Å². The molecule has 0 saturated carbocycles. The molecule has 0 N–H and O–H groups in total. The number of aryl methyl sites for hydroxylation is 2. The maximum Gasteiger partial charge on any atom is 0.269 e. The van der Waals surface area contributed by atoms with Crippen LogP contribution in [0.1, 0.15) is 30.3 Å². The quantitative estimate of drug-likeness (QED) is 0.705. The van der Waals surface area contributed by atoms with E-state index in [2.05, 4.69) is 11.6 Å². The first kappa shape index (κ1) is 18.5. The molecule has 1 atom stereocenters. The molecule has 1 aromatic heterocycles. The first-order chi connectivity index (χ1) is 12.5. The molecule has 1 aliphatic rings. The smallest absolute Gasteiger partial charge is 0.269 e. The van der Waals surface area contributed by atoms with Crippen LogP contribution in [0.3, 0.4) is 0 Å². The first-order valence-corrected chi connectivity index (χ1v) is 9.33. The Labute approximate surface area is 155 Å². The molecule has 0 aliphatic heterocycles. The maximum absolute atomic E-state index is 13.3. The fraction of sp³-hybridized carbons (Fsp3) is 0.368. The second-order valence-electron chi connectivity index (χ2n) is 6.15. The van der Waals surface area contributed by atoms with Crippen LogP contribution in [0.2, 0.25) is 0 Å². The van der Waals surface area contributed by atoms with Crippen molar-refractivity contribution < 1.29 is 18.3 Å². The van der Waals surface area contributed by atoms with E-state index in [1.54, 1.807) is 13.0 Å². The largest absolute Gasteiger partial charge is 0.481 e. The van der Waals surface area contributed by atoms with Gasteiger partial charge < -0.3 is 4.74 Å². The van der Waals surface area contributed by atoms with E-state index < -0.39 is 17.7 Å². The van der Waals surface area contributed by atoms with Crippen LogP contribution in [-0.4, -0.2) is 23.5 Å². The summed E-state index contributed by atoms with van der Waals surface area (Å²) in [5.74, 6) is -2.18. The number of carbonyl (C=O) groups is 1. The zero-order chi connectivity index (χ0) is 18.7. The van der Waals surface area contributed by atoms with Gasteiger partial charge in [0.15, 0.2) is 22.9 Å². The second-order valence-corrected chi connectivity index (χ2v) is 7.21. The molecule has 1 aliphatic carbocycles. The highest BCUT2D eigenvalue weighted by Gasteiger charge is 2.27. The summed E-state index contributed by atoms with van der Waals surface area (Å²) in [7, 11) is 0. The molecular weight excluding hydrogens is 358 g/mol. The molecule has 4 nitrogen and oxygen atoms in total. The molecule has 0 bridgehead atoms. The summed E-state index contributed by atoms with van der Waals surface area (Å²) in [5.41, 5.74) is 1.06. The predicted molar refractivity (Wildman–Crippen MR) is 97.8 cm³/mol. The molecule has 0 fully saturated rings. The predicted octanol–water partition coefficient (Wildman–Crippen LogP) is 4.29. The number of thiazole rings is 1. The van der Waals surface area contributed by atoms with Crippen molar-refractivity contribution in [3.63, 3.8) is 0 Å². The zero-order valence-corrected chi connectivity index (χ0v) is 15.3. The van der Waals surface area contributed by atoms with Gasteiger partial charge in [-0.3, -0.25) is 9.69 Å². The van der Waals surface area contributed by atoms with Crippen molar-refractivity contribution in [2.75, 3.05) is 11.4 Å². The number of halogens is 2. The van der Waals surface area contributed by atoms with E-state index in [1.807, 2.05) is 0 Å². The fourth-order valence-corrected chi connectivity index (χ4v) is 4.03. The van der Waals surface area contributed by atoms with Crippen molar-refractivity contribution in [2.24, 2.45) is 0 Å². The SMILES string of the molecule is C=CCN(C(=O)C(C)Oc1ccc(F)c(F)c1)c1nc2c(s1)CCCC2. The third kappa shape index (κ3) is 3.93. The van der Waals surface area contributed by atoms with Gasteiger partial charge in [0, 0.05) is 17.5 Å². The number of anilines is 1. The van der Waals surface area contributed by atoms with Crippen LogP contribution in [0.25, 0.3) is 0 Å². The molecule has 3 rings (SSSR count). The van der Waals surface area contributed by atoms with Gasteiger partial charge in [-0.15, -0.1) is 17.9 Å². The van der Waals surface area contributed by atoms with Gasteiger partial charge in [0.05, 0.1) is 5.69 Å². The lowest BCUT2D eigenvalue weighted by Crippen LogP contribution is -2.40. The molecule has 0 spiro atoms. The Morgan fingerprint density at radius 1 is 1.38 bits per heavy atom. The van der Waals surface area contributed by atoms with Crippen LogP contribution < -0.4 is 9.64 Å². The minimum Gasteiger partial charge on any atom is -0.481 e. The second kappa shape index (κ2) is 7.95. The average molecular weight is 378 g/mol. The van der Waals surface area contributed by atoms with Crippen molar-refractivity contribution in [1.29, 1.82) is 0 Å². The van der Waals surface area contributed by atoms with E-state index in [1.165, 1.54) is 27.2 Å². The van der Waals surface area contributed by atoms with Crippen LogP contribution >= 0.6 is 11.3 Å². The summed E-state index contributed by atoms with van der Waals surface area (Å²) < 4.78 is 31.9. The lowest BCUT2D eigenvalue weighted by molar-refractivity contribution is -0.124. The Hall–Kier alpha value is -2.28. The molecule has 1 amide bonds. The minimum absolute atomic E-state index is 0.0988. The van der Waals surface area contributed by atoms with Gasteiger partial charge in [-0.25, -0.2) is 13.8 Å². The van der Waals surface area contributed by atoms with Crippen LogP contribution in [0, 0.1) is 11.6 Å². The van der Waals surface area contributed by atoms with Crippen LogP contribution in [0.5, 0.6) is 5.75 Å². The highest BCUT2D eigenvalue weighted by molar-refractivity contribution is 7.16. The Bertz CT molecular complexity index is 798. The number of nitrogens with zero attached hydrogens (tertiary/aromatic N) is 2. The van der Waals surface area contributed by atoms with Gasteiger partial charge in [-0.2, -0.15) is 0 Å². The van der Waals surface area contributed by atoms with Crippen LogP contribution in [0.15, 0.2) is 30.9 Å². The highest BCUT2D eigenvalue weighted by Crippen LogP contribution is 2.32. The van der Waals surface area contributed by atoms with Gasteiger partial charge >= 0.3 is 0 Å². The summed E-state index contributed by atoms with van der Waals surface area (Å²) in [6.07, 6.45) is 4.93. The number of aromatic nitrogens is 1. The van der Waals surface area contributed by atoms with E-state index in [0.717, 1.165) is 43.5 Å². The van der Waals surface area contributed by atoms with Crippen molar-refractivity contribution >= 4 is 22.4 Å². The third-order valence-electron chi connectivity index (χ3n) is 4.19. The molecule has 0 saturated heterocycles. The lowest BCUT2D eigenvalue weighted by atomic mass is 10.0. The molecule has 138 valence electrons. The van der Waals surface area contributed by atoms with Crippen LogP contribution in [0.4, 0.5) is 13.9 Å². The van der Waals surface area contributed by atoms with E-state index in [4.69, 9.17) is 4.74 Å². The minimum atomic E-state index is -1.02. The summed E-state index contributed by atoms with van der Waals surface area (Å²) in [6.45, 7) is 5.58. The molecule has 2 aromatic rings. The van der Waals surface area contributed by atoms with E-state index >= 15 is 0 Å². The van der Waals surface area contributed by atoms with E-state index in [9.17, 15) is 13.6 Å². The number of fused-ring (bicyclic) bond motifs is 1. The first-order valence-electron chi connectivity index (χ1n) is 8.52. The van der Waals surface area contributed by atoms with E-state index in [-0.39, 0.29) is 11.7 Å². The lowest BCUT2D eigenvalue weighted by Gasteiger charge is -2.22. The molecule has 1 unspecified atom stereocenters. The summed E-state index contributed by atoms with van der Waals surface area (Å²) in [5, 5.41) is 0.627. The average Bonchev–Trinajstić information content (AvgIpc) is 3.06. The standard InChI is InChI=1S/C19H20F2N2O2S/c1-3-10-23(19-22-16-6-4-5-7-17(16)26-19)18(24)12(2)25-13-8-9-14(20)15(21)11-13/h3,8-9,11-12H,1,4-7,10H2,2H3. The number of amides is 1. The monoisotopic (exact) mass is 378 g/mol. The topological polar surface area (TPSA) is 42.4 Å². The Kier molecular flexibility index (Phi) is 5.66. The third-order valence-corrected chi connectivity index (χ3v) is 5.38. The number of hydrogen-bond donors (Lipinski definition) is 0. The maximum atomic E-state index is 13.3. The summed E-state index contributed by atoms with van der Waals surface area (Å²) >= 11 is 1.52. The van der Waals surface area contributed by atoms with E-state index in [0.29, 0.717) is 11.7 Å². The Morgan fingerprint density at radius 2 is 2.15 bits per heavy atom. The number of rotatable bonds is 6. The molecular formula is C19H20F2N2O2S.